The topological polar surface area (TPSA) is 95.4 Å². The first kappa shape index (κ1) is 23.0. The number of hydrogen-bond acceptors (Lipinski definition) is 6. The van der Waals surface area contributed by atoms with Gasteiger partial charge in [0.05, 0.1) is 17.4 Å². The molecule has 0 spiro atoms. The molecule has 0 bridgehead atoms. The summed E-state index contributed by atoms with van der Waals surface area (Å²) in [5, 5.41) is 9.09. The smallest absolute Gasteiger partial charge is 0.389 e. The molecule has 2 aromatic heterocycles. The van der Waals surface area contributed by atoms with Crippen molar-refractivity contribution in [2.75, 3.05) is 22.7 Å². The van der Waals surface area contributed by atoms with E-state index >= 15 is 0 Å². The zero-order chi connectivity index (χ0) is 24.0. The first-order chi connectivity index (χ1) is 15.4. The average molecular weight is 478 g/mol. The predicted octanol–water partition coefficient (Wildman–Crippen LogP) is 3.76. The van der Waals surface area contributed by atoms with E-state index in [-0.39, 0.29) is 10.7 Å². The number of benzene rings is 1. The number of anilines is 2. The number of aromatic nitrogens is 2. The van der Waals surface area contributed by atoms with Crippen LogP contribution in [0, 0.1) is 13.8 Å². The number of aliphatic hydroxyl groups is 1. The molecule has 4 rings (SSSR count). The van der Waals surface area contributed by atoms with Gasteiger partial charge in [0.25, 0.3) is 10.0 Å². The SMILES string of the molecule is Cc1cccc(C)c1-c1cc(C(F)(F)F)cc(NS(=O)(=O)c2cccc(N3CC(O)C3)n2)n1. The molecule has 7 nitrogen and oxygen atoms in total. The fourth-order valence-corrected chi connectivity index (χ4v) is 4.61. The lowest BCUT2D eigenvalue weighted by Gasteiger charge is -2.36. The zero-order valence-corrected chi connectivity index (χ0v) is 18.6. The molecule has 3 aromatic rings. The monoisotopic (exact) mass is 478 g/mol. The minimum atomic E-state index is -4.70. The standard InChI is InChI=1S/C22H21F3N4O3S/c1-13-5-3-6-14(2)21(13)17-9-15(22(23,24)25)10-18(26-17)28-33(31,32)20-8-4-7-19(27-20)29-11-16(30)12-29/h3-10,16,30H,11-12H2,1-2H3,(H,26,28). The highest BCUT2D eigenvalue weighted by molar-refractivity contribution is 7.92. The molecule has 2 N–H and O–H groups in total. The molecule has 1 saturated heterocycles. The van der Waals surface area contributed by atoms with E-state index in [4.69, 9.17) is 0 Å². The van der Waals surface area contributed by atoms with Gasteiger partial charge in [0.1, 0.15) is 11.6 Å². The van der Waals surface area contributed by atoms with E-state index in [9.17, 15) is 26.7 Å². The molecule has 174 valence electrons. The first-order valence-corrected chi connectivity index (χ1v) is 11.5. The van der Waals surface area contributed by atoms with Gasteiger partial charge in [0.15, 0.2) is 5.03 Å². The predicted molar refractivity (Wildman–Crippen MR) is 117 cm³/mol. The molecule has 0 saturated carbocycles. The largest absolute Gasteiger partial charge is 0.416 e. The van der Waals surface area contributed by atoms with Crippen LogP contribution in [0.3, 0.4) is 0 Å². The minimum absolute atomic E-state index is 0.00871. The van der Waals surface area contributed by atoms with Crippen LogP contribution in [0.15, 0.2) is 53.6 Å². The highest BCUT2D eigenvalue weighted by Gasteiger charge is 2.33. The number of alkyl halides is 3. The Labute approximate surface area is 189 Å². The Morgan fingerprint density at radius 2 is 1.67 bits per heavy atom. The van der Waals surface area contributed by atoms with E-state index in [0.717, 1.165) is 6.07 Å². The van der Waals surface area contributed by atoms with Crippen molar-refractivity contribution in [2.24, 2.45) is 0 Å². The number of rotatable bonds is 5. The molecule has 1 aliphatic rings. The van der Waals surface area contributed by atoms with Crippen molar-refractivity contribution in [3.63, 3.8) is 0 Å². The Morgan fingerprint density at radius 3 is 2.27 bits per heavy atom. The third kappa shape index (κ3) is 4.79. The second-order valence-corrected chi connectivity index (χ2v) is 9.52. The van der Waals surface area contributed by atoms with Crippen molar-refractivity contribution >= 4 is 21.7 Å². The van der Waals surface area contributed by atoms with Gasteiger partial charge in [-0.1, -0.05) is 24.3 Å². The second kappa shape index (κ2) is 8.31. The van der Waals surface area contributed by atoms with Crippen LogP contribution in [0.4, 0.5) is 24.8 Å². The quantitative estimate of drug-likeness (QED) is 0.580. The van der Waals surface area contributed by atoms with Crippen LogP contribution >= 0.6 is 0 Å². The first-order valence-electron chi connectivity index (χ1n) is 10.0. The third-order valence-corrected chi connectivity index (χ3v) is 6.56. The molecular formula is C22H21F3N4O3S. The van der Waals surface area contributed by atoms with Gasteiger partial charge in [0.2, 0.25) is 0 Å². The summed E-state index contributed by atoms with van der Waals surface area (Å²) in [4.78, 5) is 9.96. The van der Waals surface area contributed by atoms with Crippen molar-refractivity contribution in [1.29, 1.82) is 0 Å². The van der Waals surface area contributed by atoms with E-state index in [0.29, 0.717) is 41.7 Å². The Balaban J connectivity index is 1.74. The van der Waals surface area contributed by atoms with E-state index in [1.807, 2.05) is 0 Å². The fourth-order valence-electron chi connectivity index (χ4n) is 3.66. The van der Waals surface area contributed by atoms with Crippen LogP contribution in [0.2, 0.25) is 0 Å². The normalized spacial score (nSPS) is 14.8. The fraction of sp³-hybridized carbons (Fsp3) is 0.273. The number of pyridine rings is 2. The van der Waals surface area contributed by atoms with Gasteiger partial charge in [-0.25, -0.2) is 9.97 Å². The van der Waals surface area contributed by atoms with Crippen molar-refractivity contribution in [3.8, 4) is 11.3 Å². The maximum atomic E-state index is 13.6. The van der Waals surface area contributed by atoms with Crippen molar-refractivity contribution in [1.82, 2.24) is 9.97 Å². The van der Waals surface area contributed by atoms with Crippen molar-refractivity contribution in [2.45, 2.75) is 31.2 Å². The summed E-state index contributed by atoms with van der Waals surface area (Å²) in [6.07, 6.45) is -5.21. The van der Waals surface area contributed by atoms with E-state index in [2.05, 4.69) is 14.7 Å². The maximum absolute atomic E-state index is 13.6. The van der Waals surface area contributed by atoms with Gasteiger partial charge < -0.3 is 10.0 Å². The van der Waals surface area contributed by atoms with E-state index < -0.39 is 33.7 Å². The molecule has 1 aromatic carbocycles. The van der Waals surface area contributed by atoms with E-state index in [1.165, 1.54) is 12.1 Å². The Bertz CT molecular complexity index is 1290. The number of nitrogens with zero attached hydrogens (tertiary/aromatic N) is 3. The number of halogens is 3. The minimum Gasteiger partial charge on any atom is -0.389 e. The lowest BCUT2D eigenvalue weighted by molar-refractivity contribution is -0.137. The number of sulfonamides is 1. The van der Waals surface area contributed by atoms with Crippen LogP contribution in [-0.2, 0) is 16.2 Å². The number of aliphatic hydroxyl groups excluding tert-OH is 1. The summed E-state index contributed by atoms with van der Waals surface area (Å²) < 4.78 is 68.8. The van der Waals surface area contributed by atoms with Gasteiger partial charge >= 0.3 is 6.18 Å². The van der Waals surface area contributed by atoms with Crippen LogP contribution in [0.25, 0.3) is 11.3 Å². The summed E-state index contributed by atoms with van der Waals surface area (Å²) in [7, 11) is -4.33. The molecule has 0 unspecified atom stereocenters. The summed E-state index contributed by atoms with van der Waals surface area (Å²) in [6, 6.07) is 11.1. The highest BCUT2D eigenvalue weighted by atomic mass is 32.2. The average Bonchev–Trinajstić information content (AvgIpc) is 2.70. The summed E-state index contributed by atoms with van der Waals surface area (Å²) in [5.41, 5.74) is 0.905. The van der Waals surface area contributed by atoms with Crippen molar-refractivity contribution in [3.05, 3.63) is 65.2 Å². The maximum Gasteiger partial charge on any atom is 0.416 e. The van der Waals surface area contributed by atoms with Crippen LogP contribution in [0.1, 0.15) is 16.7 Å². The Kier molecular flexibility index (Phi) is 5.79. The van der Waals surface area contributed by atoms with Crippen LogP contribution in [-0.4, -0.2) is 42.7 Å². The lowest BCUT2D eigenvalue weighted by atomic mass is 9.98. The molecule has 11 heteroatoms. The summed E-state index contributed by atoms with van der Waals surface area (Å²) in [5.74, 6) is -0.120. The van der Waals surface area contributed by atoms with Gasteiger partial charge in [0, 0.05) is 18.7 Å². The summed E-state index contributed by atoms with van der Waals surface area (Å²) in [6.45, 7) is 4.13. The zero-order valence-electron chi connectivity index (χ0n) is 17.8. The van der Waals surface area contributed by atoms with Crippen LogP contribution < -0.4 is 9.62 Å². The molecule has 1 fully saturated rings. The highest BCUT2D eigenvalue weighted by Crippen LogP contribution is 2.35. The second-order valence-electron chi connectivity index (χ2n) is 7.89. The molecular weight excluding hydrogens is 457 g/mol. The molecule has 0 aliphatic carbocycles. The van der Waals surface area contributed by atoms with E-state index in [1.54, 1.807) is 43.0 Å². The molecule has 0 atom stereocenters. The molecule has 33 heavy (non-hydrogen) atoms. The van der Waals surface area contributed by atoms with Gasteiger partial charge in [-0.3, -0.25) is 4.72 Å². The Morgan fingerprint density at radius 1 is 1.03 bits per heavy atom. The number of nitrogens with one attached hydrogen (secondary N) is 1. The molecule has 0 radical (unpaired) electrons. The number of hydrogen-bond donors (Lipinski definition) is 2. The van der Waals surface area contributed by atoms with Gasteiger partial charge in [-0.05, 0) is 49.2 Å². The third-order valence-electron chi connectivity index (χ3n) is 5.30. The molecule has 3 heterocycles. The molecule has 1 aliphatic heterocycles. The van der Waals surface area contributed by atoms with Crippen molar-refractivity contribution < 1.29 is 26.7 Å². The molecule has 0 amide bonds. The van der Waals surface area contributed by atoms with Crippen LogP contribution in [0.5, 0.6) is 0 Å². The van der Waals surface area contributed by atoms with Gasteiger partial charge in [-0.15, -0.1) is 0 Å². The Hall–Kier alpha value is -3.18. The summed E-state index contributed by atoms with van der Waals surface area (Å²) >= 11 is 0. The van der Waals surface area contributed by atoms with Gasteiger partial charge in [-0.2, -0.15) is 21.6 Å². The number of β-amino-alcohol motifs (C(OH)–C–C–N with tert-alkyl or cyclic N) is 1. The number of aryl methyl sites for hydroxylation is 2. The lowest BCUT2D eigenvalue weighted by Crippen LogP contribution is -2.51.